The monoisotopic (exact) mass is 289 g/mol. The molecule has 2 aromatic rings. The minimum atomic E-state index is -0.424. The Labute approximate surface area is 121 Å². The van der Waals surface area contributed by atoms with Crippen molar-refractivity contribution in [3.63, 3.8) is 0 Å². The number of carbonyl (C=O) groups excluding carboxylic acids is 2. The second-order valence-electron chi connectivity index (χ2n) is 4.39. The molecule has 0 unspecified atom stereocenters. The summed E-state index contributed by atoms with van der Waals surface area (Å²) >= 11 is 1.43. The van der Waals surface area contributed by atoms with Gasteiger partial charge in [-0.05, 0) is 43.7 Å². The van der Waals surface area contributed by atoms with Crippen molar-refractivity contribution in [1.29, 1.82) is 0 Å². The highest BCUT2D eigenvalue weighted by molar-refractivity contribution is 7.14. The number of anilines is 1. The van der Waals surface area contributed by atoms with Crippen molar-refractivity contribution in [2.24, 2.45) is 0 Å². The smallest absolute Gasteiger partial charge is 0.337 e. The van der Waals surface area contributed by atoms with E-state index in [1.807, 2.05) is 19.9 Å². The van der Waals surface area contributed by atoms with Gasteiger partial charge in [-0.15, -0.1) is 11.3 Å². The van der Waals surface area contributed by atoms with E-state index in [1.54, 1.807) is 24.3 Å². The second kappa shape index (κ2) is 5.88. The number of carbonyl (C=O) groups is 2. The summed E-state index contributed by atoms with van der Waals surface area (Å²) in [4.78, 5) is 25.3. The van der Waals surface area contributed by atoms with Crippen LogP contribution in [0.4, 0.5) is 5.69 Å². The Kier molecular flexibility index (Phi) is 4.20. The number of aryl methyl sites for hydroxylation is 2. The van der Waals surface area contributed by atoms with E-state index in [0.717, 1.165) is 10.4 Å². The van der Waals surface area contributed by atoms with Crippen LogP contribution in [0.1, 0.15) is 30.5 Å². The maximum Gasteiger partial charge on any atom is 0.337 e. The molecule has 0 atom stereocenters. The number of rotatable bonds is 3. The third-order valence-corrected chi connectivity index (χ3v) is 3.87. The molecule has 0 radical (unpaired) electrons. The van der Waals surface area contributed by atoms with Crippen LogP contribution in [-0.4, -0.2) is 19.0 Å². The lowest BCUT2D eigenvalue weighted by Crippen LogP contribution is -2.12. The largest absolute Gasteiger partial charge is 0.465 e. The quantitative estimate of drug-likeness (QED) is 0.881. The van der Waals surface area contributed by atoms with Crippen molar-refractivity contribution in [3.8, 4) is 0 Å². The molecule has 5 heteroatoms. The highest BCUT2D eigenvalue weighted by atomic mass is 32.1. The van der Waals surface area contributed by atoms with Gasteiger partial charge in [0.2, 0.25) is 0 Å². The van der Waals surface area contributed by atoms with Crippen LogP contribution in [0.5, 0.6) is 0 Å². The predicted octanol–water partition coefficient (Wildman–Crippen LogP) is 3.40. The molecule has 1 aromatic carbocycles. The molecule has 0 aliphatic carbocycles. The average molecular weight is 289 g/mol. The molecule has 0 aliphatic heterocycles. The van der Waals surface area contributed by atoms with Gasteiger partial charge in [0.1, 0.15) is 0 Å². The van der Waals surface area contributed by atoms with Gasteiger partial charge in [-0.3, -0.25) is 4.79 Å². The van der Waals surface area contributed by atoms with Crippen LogP contribution in [0, 0.1) is 13.8 Å². The summed E-state index contributed by atoms with van der Waals surface area (Å²) in [6.07, 6.45) is 0. The molecule has 0 bridgehead atoms. The Balaban J connectivity index is 2.24. The van der Waals surface area contributed by atoms with Crippen molar-refractivity contribution in [2.75, 3.05) is 12.4 Å². The van der Waals surface area contributed by atoms with E-state index in [2.05, 4.69) is 10.1 Å². The third kappa shape index (κ3) is 3.05. The van der Waals surface area contributed by atoms with Gasteiger partial charge < -0.3 is 10.1 Å². The van der Waals surface area contributed by atoms with Crippen molar-refractivity contribution < 1.29 is 14.3 Å². The molecular formula is C15H15NO3S. The molecule has 1 amide bonds. The molecule has 104 valence electrons. The van der Waals surface area contributed by atoms with Crippen LogP contribution in [0.3, 0.4) is 0 Å². The predicted molar refractivity (Wildman–Crippen MR) is 79.5 cm³/mol. The third-order valence-electron chi connectivity index (χ3n) is 2.87. The number of benzene rings is 1. The van der Waals surface area contributed by atoms with Crippen LogP contribution >= 0.6 is 11.3 Å². The Morgan fingerprint density at radius 1 is 1.15 bits per heavy atom. The summed E-state index contributed by atoms with van der Waals surface area (Å²) in [5.74, 6) is -0.597. The summed E-state index contributed by atoms with van der Waals surface area (Å²) in [5, 5.41) is 2.82. The van der Waals surface area contributed by atoms with Crippen molar-refractivity contribution in [2.45, 2.75) is 13.8 Å². The molecule has 1 heterocycles. The summed E-state index contributed by atoms with van der Waals surface area (Å²) in [5.41, 5.74) is 1.92. The molecule has 1 aromatic heterocycles. The first-order valence-corrected chi connectivity index (χ1v) is 6.89. The molecule has 0 spiro atoms. The number of amides is 1. The van der Waals surface area contributed by atoms with E-state index in [1.165, 1.54) is 18.4 Å². The lowest BCUT2D eigenvalue weighted by atomic mass is 10.1. The van der Waals surface area contributed by atoms with E-state index >= 15 is 0 Å². The second-order valence-corrected chi connectivity index (χ2v) is 5.67. The van der Waals surface area contributed by atoms with Crippen molar-refractivity contribution >= 4 is 28.9 Å². The first-order chi connectivity index (χ1) is 9.51. The summed E-state index contributed by atoms with van der Waals surface area (Å²) in [7, 11) is 1.33. The van der Waals surface area contributed by atoms with E-state index in [9.17, 15) is 9.59 Å². The first-order valence-electron chi connectivity index (χ1n) is 6.08. The van der Waals surface area contributed by atoms with Gasteiger partial charge in [0, 0.05) is 10.6 Å². The number of ether oxygens (including phenoxy) is 1. The first kappa shape index (κ1) is 14.3. The zero-order chi connectivity index (χ0) is 14.7. The SMILES string of the molecule is COC(=O)c1ccc(C)c(NC(=O)c2ccc(C)s2)c1. The van der Waals surface area contributed by atoms with Gasteiger partial charge in [0.25, 0.3) is 5.91 Å². The van der Waals surface area contributed by atoms with Crippen LogP contribution < -0.4 is 5.32 Å². The Morgan fingerprint density at radius 3 is 2.50 bits per heavy atom. The maximum absolute atomic E-state index is 12.1. The van der Waals surface area contributed by atoms with E-state index in [-0.39, 0.29) is 5.91 Å². The van der Waals surface area contributed by atoms with Crippen LogP contribution in [-0.2, 0) is 4.74 Å². The maximum atomic E-state index is 12.1. The molecule has 0 fully saturated rings. The van der Waals surface area contributed by atoms with Gasteiger partial charge in [0.05, 0.1) is 17.6 Å². The fraction of sp³-hybridized carbons (Fsp3) is 0.200. The standard InChI is InChI=1S/C15H15NO3S/c1-9-4-6-11(15(18)19-3)8-12(9)16-14(17)13-7-5-10(2)20-13/h4-8H,1-3H3,(H,16,17). The summed E-state index contributed by atoms with van der Waals surface area (Å²) in [6.45, 7) is 3.82. The minimum absolute atomic E-state index is 0.173. The number of hydrogen-bond acceptors (Lipinski definition) is 4. The Hall–Kier alpha value is -2.14. The Bertz CT molecular complexity index is 661. The molecule has 0 aliphatic rings. The van der Waals surface area contributed by atoms with Crippen LogP contribution in [0.15, 0.2) is 30.3 Å². The van der Waals surface area contributed by atoms with Crippen molar-refractivity contribution in [3.05, 3.63) is 51.2 Å². The molecule has 0 saturated heterocycles. The number of methoxy groups -OCH3 is 1. The summed E-state index contributed by atoms with van der Waals surface area (Å²) < 4.78 is 4.67. The lowest BCUT2D eigenvalue weighted by Gasteiger charge is -2.09. The molecule has 2 rings (SSSR count). The van der Waals surface area contributed by atoms with Gasteiger partial charge in [-0.1, -0.05) is 6.07 Å². The van der Waals surface area contributed by atoms with Crippen LogP contribution in [0.2, 0.25) is 0 Å². The van der Waals surface area contributed by atoms with Gasteiger partial charge in [-0.25, -0.2) is 4.79 Å². The molecule has 4 nitrogen and oxygen atoms in total. The number of hydrogen-bond donors (Lipinski definition) is 1. The summed E-state index contributed by atoms with van der Waals surface area (Å²) in [6, 6.07) is 8.76. The van der Waals surface area contributed by atoms with E-state index < -0.39 is 5.97 Å². The Morgan fingerprint density at radius 2 is 1.90 bits per heavy atom. The number of nitrogens with one attached hydrogen (secondary N) is 1. The highest BCUT2D eigenvalue weighted by Gasteiger charge is 2.12. The fourth-order valence-electron chi connectivity index (χ4n) is 1.74. The topological polar surface area (TPSA) is 55.4 Å². The van der Waals surface area contributed by atoms with Crippen molar-refractivity contribution in [1.82, 2.24) is 0 Å². The zero-order valence-corrected chi connectivity index (χ0v) is 12.3. The van der Waals surface area contributed by atoms with E-state index in [4.69, 9.17) is 0 Å². The lowest BCUT2D eigenvalue weighted by molar-refractivity contribution is 0.0600. The normalized spacial score (nSPS) is 10.2. The molecule has 1 N–H and O–H groups in total. The van der Waals surface area contributed by atoms with Gasteiger partial charge in [0.15, 0.2) is 0 Å². The minimum Gasteiger partial charge on any atom is -0.465 e. The van der Waals surface area contributed by atoms with Gasteiger partial charge in [-0.2, -0.15) is 0 Å². The molecule has 0 saturated carbocycles. The average Bonchev–Trinajstić information content (AvgIpc) is 2.87. The molecule has 20 heavy (non-hydrogen) atoms. The number of esters is 1. The van der Waals surface area contributed by atoms with Gasteiger partial charge >= 0.3 is 5.97 Å². The zero-order valence-electron chi connectivity index (χ0n) is 11.5. The van der Waals surface area contributed by atoms with Crippen LogP contribution in [0.25, 0.3) is 0 Å². The molecular weight excluding hydrogens is 274 g/mol. The number of thiophene rings is 1. The fourth-order valence-corrected chi connectivity index (χ4v) is 2.50. The van der Waals surface area contributed by atoms with E-state index in [0.29, 0.717) is 16.1 Å². The highest BCUT2D eigenvalue weighted by Crippen LogP contribution is 2.21.